The number of nitrogens with two attached hydrogens (primary N) is 1. The summed E-state index contributed by atoms with van der Waals surface area (Å²) in [5, 5.41) is 0. The van der Waals surface area contributed by atoms with Crippen molar-refractivity contribution in [1.29, 1.82) is 0 Å². The minimum Gasteiger partial charge on any atom is -0.497 e. The fourth-order valence-electron chi connectivity index (χ4n) is 2.23. The number of methoxy groups -OCH3 is 1. The standard InChI is InChI=1S/C12H17NO3S/c1-16-11-4-2-10(3-5-11)8-12(13)6-7-17(14,15)9-12/h2-5H,6-9,13H2,1H3. The van der Waals surface area contributed by atoms with Gasteiger partial charge in [-0.25, -0.2) is 8.42 Å². The summed E-state index contributed by atoms with van der Waals surface area (Å²) in [4.78, 5) is 0. The van der Waals surface area contributed by atoms with E-state index in [1.165, 1.54) is 0 Å². The van der Waals surface area contributed by atoms with Crippen LogP contribution in [0.2, 0.25) is 0 Å². The summed E-state index contributed by atoms with van der Waals surface area (Å²) < 4.78 is 27.9. The molecule has 1 aliphatic heterocycles. The molecule has 2 rings (SSSR count). The molecule has 1 aliphatic rings. The normalized spacial score (nSPS) is 26.9. The number of sulfone groups is 1. The molecule has 5 heteroatoms. The van der Waals surface area contributed by atoms with E-state index in [1.807, 2.05) is 24.3 Å². The van der Waals surface area contributed by atoms with Crippen molar-refractivity contribution in [1.82, 2.24) is 0 Å². The van der Waals surface area contributed by atoms with Gasteiger partial charge in [0.1, 0.15) is 5.75 Å². The first-order valence-corrected chi connectivity index (χ1v) is 7.37. The Morgan fingerprint density at radius 3 is 2.47 bits per heavy atom. The average molecular weight is 255 g/mol. The van der Waals surface area contributed by atoms with Crippen LogP contribution in [0.3, 0.4) is 0 Å². The van der Waals surface area contributed by atoms with Crippen LogP contribution in [-0.4, -0.2) is 32.6 Å². The highest BCUT2D eigenvalue weighted by Crippen LogP contribution is 2.25. The Morgan fingerprint density at radius 2 is 2.00 bits per heavy atom. The summed E-state index contributed by atoms with van der Waals surface area (Å²) in [5.74, 6) is 1.09. The fourth-order valence-corrected chi connectivity index (χ4v) is 4.21. The Balaban J connectivity index is 2.10. The molecule has 94 valence electrons. The van der Waals surface area contributed by atoms with Crippen LogP contribution in [0.1, 0.15) is 12.0 Å². The van der Waals surface area contributed by atoms with E-state index >= 15 is 0 Å². The fraction of sp³-hybridized carbons (Fsp3) is 0.500. The predicted molar refractivity (Wildman–Crippen MR) is 66.9 cm³/mol. The Bertz CT molecular complexity index is 495. The second kappa shape index (κ2) is 4.31. The van der Waals surface area contributed by atoms with Gasteiger partial charge >= 0.3 is 0 Å². The average Bonchev–Trinajstić information content (AvgIpc) is 2.54. The lowest BCUT2D eigenvalue weighted by Crippen LogP contribution is -2.43. The monoisotopic (exact) mass is 255 g/mol. The molecule has 0 amide bonds. The molecule has 2 N–H and O–H groups in total. The summed E-state index contributed by atoms with van der Waals surface area (Å²) in [6.07, 6.45) is 1.14. The molecule has 0 aromatic heterocycles. The van der Waals surface area contributed by atoms with Crippen molar-refractivity contribution in [3.05, 3.63) is 29.8 Å². The van der Waals surface area contributed by atoms with Gasteiger partial charge in [-0.05, 0) is 30.5 Å². The maximum absolute atomic E-state index is 11.4. The Kier molecular flexibility index (Phi) is 3.14. The van der Waals surface area contributed by atoms with Crippen LogP contribution in [-0.2, 0) is 16.3 Å². The third-order valence-electron chi connectivity index (χ3n) is 3.13. The van der Waals surface area contributed by atoms with Gasteiger partial charge in [0.05, 0.1) is 18.6 Å². The largest absolute Gasteiger partial charge is 0.497 e. The molecule has 1 saturated heterocycles. The zero-order valence-corrected chi connectivity index (χ0v) is 10.7. The van der Waals surface area contributed by atoms with E-state index in [0.29, 0.717) is 12.8 Å². The van der Waals surface area contributed by atoms with Crippen LogP contribution in [0.25, 0.3) is 0 Å². The predicted octanol–water partition coefficient (Wildman–Crippen LogP) is 0.754. The maximum atomic E-state index is 11.4. The molecular formula is C12H17NO3S. The lowest BCUT2D eigenvalue weighted by atomic mass is 9.91. The van der Waals surface area contributed by atoms with Gasteiger partial charge in [0.25, 0.3) is 0 Å². The topological polar surface area (TPSA) is 69.4 Å². The van der Waals surface area contributed by atoms with Crippen LogP contribution in [0.5, 0.6) is 5.75 Å². The van der Waals surface area contributed by atoms with Gasteiger partial charge in [-0.3, -0.25) is 0 Å². The smallest absolute Gasteiger partial charge is 0.152 e. The minimum absolute atomic E-state index is 0.0893. The highest BCUT2D eigenvalue weighted by atomic mass is 32.2. The first-order chi connectivity index (χ1) is 7.92. The summed E-state index contributed by atoms with van der Waals surface area (Å²) in [5.41, 5.74) is 6.57. The Labute approximate surface area is 102 Å². The van der Waals surface area contributed by atoms with Crippen molar-refractivity contribution in [2.24, 2.45) is 5.73 Å². The van der Waals surface area contributed by atoms with E-state index in [1.54, 1.807) is 7.11 Å². The molecule has 0 aliphatic carbocycles. The first kappa shape index (κ1) is 12.4. The van der Waals surface area contributed by atoms with Gasteiger partial charge in [-0.15, -0.1) is 0 Å². The molecule has 0 spiro atoms. The molecule has 1 unspecified atom stereocenters. The molecule has 0 radical (unpaired) electrons. The molecule has 0 saturated carbocycles. The quantitative estimate of drug-likeness (QED) is 0.865. The third-order valence-corrected chi connectivity index (χ3v) is 4.97. The highest BCUT2D eigenvalue weighted by molar-refractivity contribution is 7.91. The Hall–Kier alpha value is -1.07. The molecule has 1 aromatic rings. The SMILES string of the molecule is COc1ccc(CC2(N)CCS(=O)(=O)C2)cc1. The molecule has 1 fully saturated rings. The maximum Gasteiger partial charge on any atom is 0.152 e. The Morgan fingerprint density at radius 1 is 1.35 bits per heavy atom. The minimum atomic E-state index is -2.94. The number of rotatable bonds is 3. The molecule has 17 heavy (non-hydrogen) atoms. The number of benzene rings is 1. The molecule has 4 nitrogen and oxygen atoms in total. The van der Waals surface area contributed by atoms with Crippen molar-refractivity contribution in [2.45, 2.75) is 18.4 Å². The molecular weight excluding hydrogens is 238 g/mol. The van der Waals surface area contributed by atoms with Crippen LogP contribution in [0.4, 0.5) is 0 Å². The third kappa shape index (κ3) is 2.98. The summed E-state index contributed by atoms with van der Waals surface area (Å²) in [7, 11) is -1.32. The van der Waals surface area contributed by atoms with E-state index in [0.717, 1.165) is 11.3 Å². The van der Waals surface area contributed by atoms with Crippen molar-refractivity contribution in [3.63, 3.8) is 0 Å². The van der Waals surface area contributed by atoms with Crippen molar-refractivity contribution >= 4 is 9.84 Å². The summed E-state index contributed by atoms with van der Waals surface area (Å²) in [6, 6.07) is 7.58. The first-order valence-electron chi connectivity index (χ1n) is 5.55. The van der Waals surface area contributed by atoms with E-state index in [4.69, 9.17) is 10.5 Å². The van der Waals surface area contributed by atoms with Gasteiger partial charge in [0.15, 0.2) is 9.84 Å². The van der Waals surface area contributed by atoms with E-state index in [9.17, 15) is 8.42 Å². The van der Waals surface area contributed by atoms with Crippen LogP contribution >= 0.6 is 0 Å². The van der Waals surface area contributed by atoms with Crippen LogP contribution in [0.15, 0.2) is 24.3 Å². The zero-order valence-electron chi connectivity index (χ0n) is 9.85. The van der Waals surface area contributed by atoms with Crippen LogP contribution < -0.4 is 10.5 Å². The van der Waals surface area contributed by atoms with Gasteiger partial charge in [-0.1, -0.05) is 12.1 Å². The molecule has 0 bridgehead atoms. The lowest BCUT2D eigenvalue weighted by molar-refractivity contribution is 0.414. The zero-order chi connectivity index (χ0) is 12.5. The van der Waals surface area contributed by atoms with Gasteiger partial charge in [0.2, 0.25) is 0 Å². The van der Waals surface area contributed by atoms with Crippen LogP contribution in [0, 0.1) is 0 Å². The van der Waals surface area contributed by atoms with Crippen molar-refractivity contribution < 1.29 is 13.2 Å². The van der Waals surface area contributed by atoms with Gasteiger partial charge in [0, 0.05) is 5.54 Å². The highest BCUT2D eigenvalue weighted by Gasteiger charge is 2.38. The van der Waals surface area contributed by atoms with E-state index in [2.05, 4.69) is 0 Å². The van der Waals surface area contributed by atoms with E-state index < -0.39 is 15.4 Å². The second-order valence-electron chi connectivity index (χ2n) is 4.73. The number of ether oxygens (including phenoxy) is 1. The summed E-state index contributed by atoms with van der Waals surface area (Å²) in [6.45, 7) is 0. The van der Waals surface area contributed by atoms with Crippen molar-refractivity contribution in [3.8, 4) is 5.75 Å². The second-order valence-corrected chi connectivity index (χ2v) is 6.91. The van der Waals surface area contributed by atoms with Gasteiger partial charge < -0.3 is 10.5 Å². The molecule has 1 heterocycles. The van der Waals surface area contributed by atoms with Gasteiger partial charge in [-0.2, -0.15) is 0 Å². The number of hydrogen-bond donors (Lipinski definition) is 1. The molecule has 1 atom stereocenters. The van der Waals surface area contributed by atoms with E-state index in [-0.39, 0.29) is 11.5 Å². The summed E-state index contributed by atoms with van der Waals surface area (Å²) >= 11 is 0. The number of hydrogen-bond acceptors (Lipinski definition) is 4. The van der Waals surface area contributed by atoms with Crippen molar-refractivity contribution in [2.75, 3.05) is 18.6 Å². The lowest BCUT2D eigenvalue weighted by Gasteiger charge is -2.22. The molecule has 1 aromatic carbocycles.